The Morgan fingerprint density at radius 1 is 1.19 bits per heavy atom. The molecule has 0 radical (unpaired) electrons. The van der Waals surface area contributed by atoms with Gasteiger partial charge in [-0.05, 0) is 36.2 Å². The maximum Gasteiger partial charge on any atom is 0.291 e. The highest BCUT2D eigenvalue weighted by atomic mass is 16.5. The van der Waals surface area contributed by atoms with Gasteiger partial charge < -0.3 is 10.1 Å². The third-order valence-corrected chi connectivity index (χ3v) is 4.31. The van der Waals surface area contributed by atoms with Crippen LogP contribution in [0.15, 0.2) is 53.3 Å². The Labute approximate surface area is 153 Å². The predicted octanol–water partition coefficient (Wildman–Crippen LogP) is 1.55. The Morgan fingerprint density at radius 2 is 1.96 bits per heavy atom. The zero-order valence-corrected chi connectivity index (χ0v) is 14.6. The van der Waals surface area contributed by atoms with Crippen molar-refractivity contribution in [3.8, 4) is 5.75 Å². The molecule has 2 aromatic carbocycles. The van der Waals surface area contributed by atoms with E-state index in [0.29, 0.717) is 29.8 Å². The van der Waals surface area contributed by atoms with E-state index in [-0.39, 0.29) is 5.69 Å². The number of carbonyl (C=O) groups excluding carboxylic acids is 1. The fourth-order valence-electron chi connectivity index (χ4n) is 2.91. The fourth-order valence-corrected chi connectivity index (χ4v) is 2.91. The summed E-state index contributed by atoms with van der Waals surface area (Å²) in [7, 11) is 1.61. The van der Waals surface area contributed by atoms with Crippen molar-refractivity contribution < 1.29 is 9.53 Å². The summed E-state index contributed by atoms with van der Waals surface area (Å²) in [5.74, 6) is 0.555. The van der Waals surface area contributed by atoms with Crippen LogP contribution in [0.25, 0.3) is 16.8 Å². The maximum absolute atomic E-state index is 12.7. The molecule has 0 atom stereocenters. The number of rotatable bonds is 5. The summed E-state index contributed by atoms with van der Waals surface area (Å²) in [4.78, 5) is 29.4. The van der Waals surface area contributed by atoms with Crippen LogP contribution in [-0.2, 0) is 6.42 Å². The Hall–Kier alpha value is -3.68. The normalized spacial score (nSPS) is 11.0. The van der Waals surface area contributed by atoms with E-state index >= 15 is 0 Å². The van der Waals surface area contributed by atoms with E-state index in [2.05, 4.69) is 20.5 Å². The van der Waals surface area contributed by atoms with Crippen LogP contribution in [0, 0.1) is 0 Å². The Kier molecular flexibility index (Phi) is 4.29. The molecule has 8 nitrogen and oxygen atoms in total. The van der Waals surface area contributed by atoms with Crippen molar-refractivity contribution in [2.75, 3.05) is 13.7 Å². The van der Waals surface area contributed by atoms with Gasteiger partial charge in [0.1, 0.15) is 5.75 Å². The lowest BCUT2D eigenvalue weighted by Crippen LogP contribution is -2.34. The molecule has 4 rings (SSSR count). The molecule has 0 saturated carbocycles. The molecule has 0 fully saturated rings. The van der Waals surface area contributed by atoms with Crippen LogP contribution < -0.4 is 15.6 Å². The second-order valence-corrected chi connectivity index (χ2v) is 5.99. The zero-order chi connectivity index (χ0) is 18.8. The first-order valence-electron chi connectivity index (χ1n) is 8.44. The number of ether oxygens (including phenoxy) is 1. The lowest BCUT2D eigenvalue weighted by molar-refractivity contribution is 0.0946. The monoisotopic (exact) mass is 363 g/mol. The van der Waals surface area contributed by atoms with Crippen LogP contribution in [0.3, 0.4) is 0 Å². The van der Waals surface area contributed by atoms with Gasteiger partial charge in [-0.1, -0.05) is 24.3 Å². The number of hydrogen-bond donors (Lipinski definition) is 2. The van der Waals surface area contributed by atoms with Crippen LogP contribution in [-0.4, -0.2) is 39.1 Å². The van der Waals surface area contributed by atoms with Crippen LogP contribution in [0.1, 0.15) is 16.1 Å². The highest BCUT2D eigenvalue weighted by Crippen LogP contribution is 2.13. The molecule has 0 aliphatic carbocycles. The largest absolute Gasteiger partial charge is 0.497 e. The SMILES string of the molecule is COc1ccc(CCNC(=O)c2n[nH]c3nc4ccccc4n3c2=O)cc1. The second kappa shape index (κ2) is 6.91. The van der Waals surface area contributed by atoms with Gasteiger partial charge in [0, 0.05) is 6.54 Å². The quantitative estimate of drug-likeness (QED) is 0.560. The van der Waals surface area contributed by atoms with E-state index in [1.807, 2.05) is 36.4 Å². The first-order chi connectivity index (χ1) is 13.2. The first kappa shape index (κ1) is 16.8. The molecule has 0 aliphatic rings. The smallest absolute Gasteiger partial charge is 0.291 e. The second-order valence-electron chi connectivity index (χ2n) is 5.99. The van der Waals surface area contributed by atoms with Crippen molar-refractivity contribution in [1.29, 1.82) is 0 Å². The number of carbonyl (C=O) groups is 1. The number of fused-ring (bicyclic) bond motifs is 3. The van der Waals surface area contributed by atoms with Crippen LogP contribution >= 0.6 is 0 Å². The van der Waals surface area contributed by atoms with Crippen molar-refractivity contribution >= 4 is 22.7 Å². The molecule has 136 valence electrons. The lowest BCUT2D eigenvalue weighted by atomic mass is 10.1. The molecule has 0 spiro atoms. The number of methoxy groups -OCH3 is 1. The van der Waals surface area contributed by atoms with Gasteiger partial charge >= 0.3 is 0 Å². The average molecular weight is 363 g/mol. The van der Waals surface area contributed by atoms with Gasteiger partial charge in [-0.15, -0.1) is 0 Å². The van der Waals surface area contributed by atoms with Gasteiger partial charge in [0.2, 0.25) is 11.5 Å². The minimum Gasteiger partial charge on any atom is -0.497 e. The summed E-state index contributed by atoms with van der Waals surface area (Å²) in [5.41, 5.74) is 1.64. The number of H-pyrrole nitrogens is 1. The molecular formula is C19H17N5O3. The van der Waals surface area contributed by atoms with Crippen LogP contribution in [0.4, 0.5) is 0 Å². The van der Waals surface area contributed by atoms with E-state index in [1.54, 1.807) is 19.2 Å². The number of amides is 1. The summed E-state index contributed by atoms with van der Waals surface area (Å²) in [5, 5.41) is 9.31. The number of aromatic amines is 1. The standard InChI is InChI=1S/C19H17N5O3/c1-27-13-8-6-12(7-9-13)10-11-20-17(25)16-18(26)24-15-5-3-2-4-14(15)21-19(24)23-22-16/h2-9H,10-11H2,1H3,(H,20,25)(H,21,23). The predicted molar refractivity (Wildman–Crippen MR) is 100 cm³/mol. The molecule has 8 heteroatoms. The number of nitrogens with zero attached hydrogens (tertiary/aromatic N) is 3. The summed E-state index contributed by atoms with van der Waals surface area (Å²) >= 11 is 0. The van der Waals surface area contributed by atoms with Crippen LogP contribution in [0.2, 0.25) is 0 Å². The van der Waals surface area contributed by atoms with Crippen molar-refractivity contribution in [1.82, 2.24) is 24.9 Å². The Morgan fingerprint density at radius 3 is 2.74 bits per heavy atom. The van der Waals surface area contributed by atoms with E-state index < -0.39 is 11.5 Å². The summed E-state index contributed by atoms with van der Waals surface area (Å²) in [6, 6.07) is 14.8. The number of para-hydroxylation sites is 2. The summed E-state index contributed by atoms with van der Waals surface area (Å²) < 4.78 is 6.48. The van der Waals surface area contributed by atoms with Crippen LogP contribution in [0.5, 0.6) is 5.75 Å². The molecule has 2 aromatic heterocycles. The number of benzene rings is 2. The number of imidazole rings is 1. The molecule has 27 heavy (non-hydrogen) atoms. The number of hydrogen-bond acceptors (Lipinski definition) is 5. The molecule has 4 aromatic rings. The highest BCUT2D eigenvalue weighted by molar-refractivity contribution is 5.92. The summed E-state index contributed by atoms with van der Waals surface area (Å²) in [6.45, 7) is 0.384. The van der Waals surface area contributed by atoms with Gasteiger partial charge in [0.25, 0.3) is 11.5 Å². The van der Waals surface area contributed by atoms with Gasteiger partial charge in [-0.3, -0.25) is 9.59 Å². The molecule has 0 bridgehead atoms. The number of nitrogens with one attached hydrogen (secondary N) is 2. The Bertz CT molecular complexity index is 1180. The molecule has 0 unspecified atom stereocenters. The molecule has 2 heterocycles. The topological polar surface area (TPSA) is 101 Å². The van der Waals surface area contributed by atoms with E-state index in [0.717, 1.165) is 11.3 Å². The number of aromatic nitrogens is 4. The van der Waals surface area contributed by atoms with E-state index in [4.69, 9.17) is 4.74 Å². The first-order valence-corrected chi connectivity index (χ1v) is 8.44. The average Bonchev–Trinajstić information content (AvgIpc) is 3.08. The molecule has 0 aliphatic heterocycles. The third-order valence-electron chi connectivity index (χ3n) is 4.31. The van der Waals surface area contributed by atoms with Crippen molar-refractivity contribution in [3.63, 3.8) is 0 Å². The van der Waals surface area contributed by atoms with Crippen molar-refractivity contribution in [2.24, 2.45) is 0 Å². The van der Waals surface area contributed by atoms with Gasteiger partial charge in [-0.25, -0.2) is 14.5 Å². The van der Waals surface area contributed by atoms with Gasteiger partial charge in [0.15, 0.2) is 0 Å². The Balaban J connectivity index is 1.53. The zero-order valence-electron chi connectivity index (χ0n) is 14.6. The van der Waals surface area contributed by atoms with Crippen molar-refractivity contribution in [3.05, 3.63) is 70.1 Å². The molecular weight excluding hydrogens is 346 g/mol. The van der Waals surface area contributed by atoms with E-state index in [9.17, 15) is 9.59 Å². The van der Waals surface area contributed by atoms with Gasteiger partial charge in [-0.2, -0.15) is 5.10 Å². The molecule has 1 amide bonds. The minimum absolute atomic E-state index is 0.194. The fraction of sp³-hybridized carbons (Fsp3) is 0.158. The van der Waals surface area contributed by atoms with Crippen molar-refractivity contribution in [2.45, 2.75) is 6.42 Å². The molecule has 2 N–H and O–H groups in total. The highest BCUT2D eigenvalue weighted by Gasteiger charge is 2.17. The van der Waals surface area contributed by atoms with E-state index in [1.165, 1.54) is 4.40 Å². The third kappa shape index (κ3) is 3.12. The van der Waals surface area contributed by atoms with Gasteiger partial charge in [0.05, 0.1) is 18.1 Å². The lowest BCUT2D eigenvalue weighted by Gasteiger charge is -2.06. The maximum atomic E-state index is 12.7. The summed E-state index contributed by atoms with van der Waals surface area (Å²) in [6.07, 6.45) is 0.629. The minimum atomic E-state index is -0.524. The molecule has 0 saturated heterocycles.